The van der Waals surface area contributed by atoms with E-state index in [0.717, 1.165) is 5.56 Å². The molecule has 1 atom stereocenters. The van der Waals surface area contributed by atoms with Crippen LogP contribution in [-0.4, -0.2) is 28.4 Å². The van der Waals surface area contributed by atoms with Crippen molar-refractivity contribution >= 4 is 12.2 Å². The summed E-state index contributed by atoms with van der Waals surface area (Å²) in [5, 5.41) is 5.38. The molecule has 1 unspecified atom stereocenters. The first-order valence-corrected chi connectivity index (χ1v) is 4.56. The molecule has 6 heteroatoms. The number of amides is 2. The highest BCUT2D eigenvalue weighted by Crippen LogP contribution is 2.02. The second kappa shape index (κ2) is 4.05. The van der Waals surface area contributed by atoms with Crippen LogP contribution in [0, 0.1) is 0 Å². The topological polar surface area (TPSA) is 69.6 Å². The van der Waals surface area contributed by atoms with E-state index in [0.29, 0.717) is 0 Å². The molecule has 2 N–H and O–H groups in total. The van der Waals surface area contributed by atoms with Gasteiger partial charge in [-0.25, -0.2) is 10.2 Å². The van der Waals surface area contributed by atoms with Crippen molar-refractivity contribution in [2.24, 2.45) is 5.10 Å². The largest absolute Gasteiger partial charge is 0.353 e. The summed E-state index contributed by atoms with van der Waals surface area (Å²) >= 11 is 0. The van der Waals surface area contributed by atoms with E-state index in [1.54, 1.807) is 18.6 Å². The first-order valence-electron chi connectivity index (χ1n) is 4.56. The standard InChI is InChI=1S/C9H11N5O/c1-7-12-13-9(15)14(7)11-6-8-3-2-4-10-5-8/h2-7,12H,1H3,(H,13,15)/b11-6+. The number of carbonyl (C=O) groups excluding carboxylic acids is 1. The summed E-state index contributed by atoms with van der Waals surface area (Å²) in [6.45, 7) is 1.83. The van der Waals surface area contributed by atoms with Crippen molar-refractivity contribution in [1.29, 1.82) is 0 Å². The fourth-order valence-corrected chi connectivity index (χ4v) is 1.19. The number of urea groups is 1. The molecular formula is C9H11N5O. The Morgan fingerprint density at radius 3 is 3.13 bits per heavy atom. The number of nitrogens with one attached hydrogen (secondary N) is 2. The van der Waals surface area contributed by atoms with Crippen LogP contribution >= 0.6 is 0 Å². The zero-order valence-corrected chi connectivity index (χ0v) is 8.21. The Bertz CT molecular complexity index is 377. The van der Waals surface area contributed by atoms with Gasteiger partial charge in [0.1, 0.15) is 6.17 Å². The monoisotopic (exact) mass is 205 g/mol. The van der Waals surface area contributed by atoms with Gasteiger partial charge in [-0.05, 0) is 13.0 Å². The van der Waals surface area contributed by atoms with Gasteiger partial charge < -0.3 is 0 Å². The van der Waals surface area contributed by atoms with E-state index in [1.807, 2.05) is 19.1 Å². The Balaban J connectivity index is 2.08. The Hall–Kier alpha value is -1.95. The molecule has 1 aromatic heterocycles. The maximum Gasteiger partial charge on any atom is 0.353 e. The summed E-state index contributed by atoms with van der Waals surface area (Å²) in [6, 6.07) is 3.41. The number of pyridine rings is 1. The fourth-order valence-electron chi connectivity index (χ4n) is 1.19. The highest BCUT2D eigenvalue weighted by Gasteiger charge is 2.25. The molecule has 0 radical (unpaired) electrons. The van der Waals surface area contributed by atoms with Crippen molar-refractivity contribution in [2.45, 2.75) is 13.1 Å². The van der Waals surface area contributed by atoms with Crippen molar-refractivity contribution in [1.82, 2.24) is 20.8 Å². The number of hydrogen-bond donors (Lipinski definition) is 2. The lowest BCUT2D eigenvalue weighted by molar-refractivity contribution is 0.208. The molecule has 2 rings (SSSR count). The van der Waals surface area contributed by atoms with Gasteiger partial charge in [0.2, 0.25) is 0 Å². The summed E-state index contributed by atoms with van der Waals surface area (Å²) < 4.78 is 0. The molecule has 1 saturated heterocycles. The van der Waals surface area contributed by atoms with Gasteiger partial charge in [-0.15, -0.1) is 0 Å². The van der Waals surface area contributed by atoms with Crippen LogP contribution in [0.2, 0.25) is 0 Å². The summed E-state index contributed by atoms with van der Waals surface area (Å²) in [6.07, 6.45) is 4.81. The molecule has 1 aliphatic rings. The highest BCUT2D eigenvalue weighted by molar-refractivity contribution is 5.82. The number of hydrazine groups is 1. The van der Waals surface area contributed by atoms with Crippen LogP contribution in [-0.2, 0) is 0 Å². The highest BCUT2D eigenvalue weighted by atomic mass is 16.2. The van der Waals surface area contributed by atoms with Crippen LogP contribution in [0.1, 0.15) is 12.5 Å². The van der Waals surface area contributed by atoms with Crippen LogP contribution in [0.25, 0.3) is 0 Å². The summed E-state index contributed by atoms with van der Waals surface area (Å²) in [7, 11) is 0. The average Bonchev–Trinajstić information content (AvgIpc) is 2.58. The predicted octanol–water partition coefficient (Wildman–Crippen LogP) is 0.291. The van der Waals surface area contributed by atoms with Crippen LogP contribution < -0.4 is 10.9 Å². The van der Waals surface area contributed by atoms with Crippen LogP contribution in [0.4, 0.5) is 4.79 Å². The molecule has 15 heavy (non-hydrogen) atoms. The number of hydrazone groups is 1. The molecular weight excluding hydrogens is 194 g/mol. The molecule has 6 nitrogen and oxygen atoms in total. The molecule has 1 aromatic rings. The van der Waals surface area contributed by atoms with E-state index in [2.05, 4.69) is 20.9 Å². The zero-order chi connectivity index (χ0) is 10.7. The smallest absolute Gasteiger partial charge is 0.270 e. The molecule has 0 bridgehead atoms. The first-order chi connectivity index (χ1) is 7.27. The minimum Gasteiger partial charge on any atom is -0.270 e. The van der Waals surface area contributed by atoms with Crippen molar-refractivity contribution in [3.63, 3.8) is 0 Å². The Labute approximate surface area is 87.0 Å². The van der Waals surface area contributed by atoms with Gasteiger partial charge >= 0.3 is 6.03 Å². The van der Waals surface area contributed by atoms with Crippen LogP contribution in [0.15, 0.2) is 29.6 Å². The molecule has 1 aliphatic heterocycles. The number of rotatable bonds is 2. The van der Waals surface area contributed by atoms with Gasteiger partial charge in [-0.2, -0.15) is 10.1 Å². The van der Waals surface area contributed by atoms with E-state index in [4.69, 9.17) is 0 Å². The summed E-state index contributed by atoms with van der Waals surface area (Å²) in [5.74, 6) is 0. The Morgan fingerprint density at radius 1 is 1.67 bits per heavy atom. The van der Waals surface area contributed by atoms with E-state index in [1.165, 1.54) is 5.01 Å². The van der Waals surface area contributed by atoms with Gasteiger partial charge in [0.05, 0.1) is 6.21 Å². The third kappa shape index (κ3) is 2.10. The maximum absolute atomic E-state index is 11.2. The van der Waals surface area contributed by atoms with Crippen molar-refractivity contribution < 1.29 is 4.79 Å². The number of nitrogens with zero attached hydrogens (tertiary/aromatic N) is 3. The van der Waals surface area contributed by atoms with E-state index in [9.17, 15) is 4.79 Å². The van der Waals surface area contributed by atoms with Gasteiger partial charge in [0, 0.05) is 18.0 Å². The molecule has 0 spiro atoms. The minimum atomic E-state index is -0.261. The van der Waals surface area contributed by atoms with Crippen LogP contribution in [0.5, 0.6) is 0 Å². The number of carbonyl (C=O) groups is 1. The van der Waals surface area contributed by atoms with E-state index in [-0.39, 0.29) is 12.2 Å². The first kappa shape index (κ1) is 9.60. The molecule has 0 saturated carbocycles. The van der Waals surface area contributed by atoms with Crippen LogP contribution in [0.3, 0.4) is 0 Å². The Morgan fingerprint density at radius 2 is 2.53 bits per heavy atom. The van der Waals surface area contributed by atoms with Gasteiger partial charge in [-0.1, -0.05) is 6.07 Å². The second-order valence-corrected chi connectivity index (χ2v) is 3.13. The third-order valence-corrected chi connectivity index (χ3v) is 1.98. The van der Waals surface area contributed by atoms with Crippen molar-refractivity contribution in [3.05, 3.63) is 30.1 Å². The summed E-state index contributed by atoms with van der Waals surface area (Å²) in [4.78, 5) is 15.2. The molecule has 0 aromatic carbocycles. The maximum atomic E-state index is 11.2. The lowest BCUT2D eigenvalue weighted by atomic mass is 10.3. The van der Waals surface area contributed by atoms with Gasteiger partial charge in [0.15, 0.2) is 0 Å². The fraction of sp³-hybridized carbons (Fsp3) is 0.222. The number of aromatic nitrogens is 1. The van der Waals surface area contributed by atoms with E-state index >= 15 is 0 Å². The molecule has 2 heterocycles. The van der Waals surface area contributed by atoms with Gasteiger partial charge in [-0.3, -0.25) is 10.4 Å². The quantitative estimate of drug-likeness (QED) is 0.682. The summed E-state index contributed by atoms with van der Waals surface area (Å²) in [5.41, 5.74) is 6.07. The van der Waals surface area contributed by atoms with Gasteiger partial charge in [0.25, 0.3) is 0 Å². The van der Waals surface area contributed by atoms with E-state index < -0.39 is 0 Å². The SMILES string of the molecule is CC1NNC(=O)N1/N=C/c1cccnc1. The third-order valence-electron chi connectivity index (χ3n) is 1.98. The normalized spacial score (nSPS) is 21.0. The molecule has 2 amide bonds. The average molecular weight is 205 g/mol. The lowest BCUT2D eigenvalue weighted by Gasteiger charge is -2.11. The zero-order valence-electron chi connectivity index (χ0n) is 8.21. The predicted molar refractivity (Wildman–Crippen MR) is 54.8 cm³/mol. The second-order valence-electron chi connectivity index (χ2n) is 3.13. The Kier molecular flexibility index (Phi) is 2.59. The lowest BCUT2D eigenvalue weighted by Crippen LogP contribution is -2.30. The number of hydrogen-bond acceptors (Lipinski definition) is 4. The van der Waals surface area contributed by atoms with Crippen molar-refractivity contribution in [3.8, 4) is 0 Å². The van der Waals surface area contributed by atoms with Crippen molar-refractivity contribution in [2.75, 3.05) is 0 Å². The molecule has 78 valence electrons. The minimum absolute atomic E-state index is 0.148. The molecule has 0 aliphatic carbocycles. The molecule has 1 fully saturated rings.